The molecule has 0 aromatic heterocycles. The molecule has 0 bridgehead atoms. The molecule has 0 radical (unpaired) electrons. The fraction of sp³-hybridized carbons (Fsp3) is 0.917. The van der Waals surface area contributed by atoms with Gasteiger partial charge in [-0.25, -0.2) is 0 Å². The summed E-state index contributed by atoms with van der Waals surface area (Å²) in [5.74, 6) is 0.448. The van der Waals surface area contributed by atoms with Crippen molar-refractivity contribution in [2.75, 3.05) is 6.61 Å². The predicted octanol–water partition coefficient (Wildman–Crippen LogP) is 3.40. The second-order valence-electron chi connectivity index (χ2n) is 4.01. The molecule has 0 aliphatic heterocycles. The van der Waals surface area contributed by atoms with E-state index in [1.54, 1.807) is 0 Å². The molecule has 0 rings (SSSR count). The summed E-state index contributed by atoms with van der Waals surface area (Å²) >= 11 is 0. The van der Waals surface area contributed by atoms with Gasteiger partial charge in [-0.05, 0) is 19.3 Å². The van der Waals surface area contributed by atoms with Gasteiger partial charge in [0, 0.05) is 0 Å². The quantitative estimate of drug-likeness (QED) is 0.465. The number of hydrogen-bond acceptors (Lipinski definition) is 2. The largest absolute Gasteiger partial charge is 0.466 e. The predicted molar refractivity (Wildman–Crippen MR) is 59.1 cm³/mol. The lowest BCUT2D eigenvalue weighted by atomic mass is 9.91. The minimum Gasteiger partial charge on any atom is -0.466 e. The van der Waals surface area contributed by atoms with Crippen LogP contribution in [0.2, 0.25) is 0 Å². The zero-order valence-electron chi connectivity index (χ0n) is 10.0. The third-order valence-electron chi connectivity index (χ3n) is 2.77. The summed E-state index contributed by atoms with van der Waals surface area (Å²) in [5.41, 5.74) is 0. The van der Waals surface area contributed by atoms with Crippen molar-refractivity contribution in [3.8, 4) is 0 Å². The fourth-order valence-corrected chi connectivity index (χ4v) is 1.47. The highest BCUT2D eigenvalue weighted by molar-refractivity contribution is 5.72. The molecule has 2 nitrogen and oxygen atoms in total. The van der Waals surface area contributed by atoms with Gasteiger partial charge in [-0.3, -0.25) is 4.79 Å². The zero-order chi connectivity index (χ0) is 11.0. The molecule has 2 atom stereocenters. The lowest BCUT2D eigenvalue weighted by molar-refractivity contribution is -0.149. The van der Waals surface area contributed by atoms with Crippen molar-refractivity contribution in [2.45, 2.75) is 53.4 Å². The van der Waals surface area contributed by atoms with Gasteiger partial charge in [0.05, 0.1) is 12.5 Å². The van der Waals surface area contributed by atoms with E-state index in [1.165, 1.54) is 19.3 Å². The summed E-state index contributed by atoms with van der Waals surface area (Å²) in [6.07, 6.45) is 4.86. The lowest BCUT2D eigenvalue weighted by Gasteiger charge is -2.17. The summed E-state index contributed by atoms with van der Waals surface area (Å²) in [6.45, 7) is 8.64. The highest BCUT2D eigenvalue weighted by Crippen LogP contribution is 2.19. The van der Waals surface area contributed by atoms with Gasteiger partial charge < -0.3 is 4.74 Å². The van der Waals surface area contributed by atoms with E-state index < -0.39 is 0 Å². The van der Waals surface area contributed by atoms with Crippen LogP contribution in [0, 0.1) is 11.8 Å². The average molecular weight is 200 g/mol. The van der Waals surface area contributed by atoms with Gasteiger partial charge in [-0.2, -0.15) is 0 Å². The minimum absolute atomic E-state index is 0.0449. The van der Waals surface area contributed by atoms with Crippen molar-refractivity contribution >= 4 is 5.97 Å². The standard InChI is InChI=1S/C12H24O2/c1-5-7-8-9-10(3)11(4)12(13)14-6-2/h10-11H,5-9H2,1-4H3. The zero-order valence-corrected chi connectivity index (χ0v) is 10.0. The molecule has 0 heterocycles. The van der Waals surface area contributed by atoms with Gasteiger partial charge in [0.15, 0.2) is 0 Å². The van der Waals surface area contributed by atoms with Crippen molar-refractivity contribution in [3.05, 3.63) is 0 Å². The monoisotopic (exact) mass is 200 g/mol. The van der Waals surface area contributed by atoms with E-state index in [0.29, 0.717) is 12.5 Å². The first kappa shape index (κ1) is 13.5. The Morgan fingerprint density at radius 3 is 2.36 bits per heavy atom. The number of esters is 1. The van der Waals surface area contributed by atoms with Crippen molar-refractivity contribution < 1.29 is 9.53 Å². The Balaban J connectivity index is 3.74. The number of unbranched alkanes of at least 4 members (excludes halogenated alkanes) is 2. The molecule has 0 saturated carbocycles. The van der Waals surface area contributed by atoms with E-state index in [-0.39, 0.29) is 11.9 Å². The van der Waals surface area contributed by atoms with Crippen molar-refractivity contribution in [2.24, 2.45) is 11.8 Å². The Morgan fingerprint density at radius 1 is 1.21 bits per heavy atom. The topological polar surface area (TPSA) is 26.3 Å². The maximum absolute atomic E-state index is 11.4. The summed E-state index contributed by atoms with van der Waals surface area (Å²) < 4.78 is 4.99. The Bertz CT molecular complexity index is 154. The average Bonchev–Trinajstić information content (AvgIpc) is 2.17. The van der Waals surface area contributed by atoms with Gasteiger partial charge in [-0.15, -0.1) is 0 Å². The normalized spacial score (nSPS) is 14.9. The molecular formula is C12H24O2. The van der Waals surface area contributed by atoms with Crippen LogP contribution in [0.3, 0.4) is 0 Å². The molecule has 0 aliphatic rings. The SMILES string of the molecule is CCCCCC(C)C(C)C(=O)OCC. The molecule has 0 aromatic rings. The number of hydrogen-bond donors (Lipinski definition) is 0. The maximum atomic E-state index is 11.4. The Labute approximate surface area is 88.0 Å². The van der Waals surface area contributed by atoms with Crippen LogP contribution in [0.25, 0.3) is 0 Å². The first-order valence-electron chi connectivity index (χ1n) is 5.80. The number of rotatable bonds is 7. The molecule has 0 aromatic carbocycles. The summed E-state index contributed by atoms with van der Waals surface area (Å²) in [6, 6.07) is 0. The molecule has 84 valence electrons. The molecule has 2 heteroatoms. The van der Waals surface area contributed by atoms with Crippen LogP contribution >= 0.6 is 0 Å². The summed E-state index contributed by atoms with van der Waals surface area (Å²) in [4.78, 5) is 11.4. The number of carbonyl (C=O) groups is 1. The number of ether oxygens (including phenoxy) is 1. The van der Waals surface area contributed by atoms with Crippen LogP contribution in [-0.2, 0) is 9.53 Å². The summed E-state index contributed by atoms with van der Waals surface area (Å²) in [5, 5.41) is 0. The van der Waals surface area contributed by atoms with Crippen molar-refractivity contribution in [1.29, 1.82) is 0 Å². The van der Waals surface area contributed by atoms with E-state index in [0.717, 1.165) is 6.42 Å². The van der Waals surface area contributed by atoms with E-state index in [2.05, 4.69) is 13.8 Å². The van der Waals surface area contributed by atoms with Gasteiger partial charge in [0.1, 0.15) is 0 Å². The van der Waals surface area contributed by atoms with E-state index >= 15 is 0 Å². The lowest BCUT2D eigenvalue weighted by Crippen LogP contribution is -2.21. The Kier molecular flexibility index (Phi) is 7.54. The van der Waals surface area contributed by atoms with Crippen LogP contribution in [0.1, 0.15) is 53.4 Å². The second-order valence-corrected chi connectivity index (χ2v) is 4.01. The molecule has 0 aliphatic carbocycles. The van der Waals surface area contributed by atoms with E-state index in [4.69, 9.17) is 4.74 Å². The van der Waals surface area contributed by atoms with Gasteiger partial charge in [-0.1, -0.05) is 40.0 Å². The highest BCUT2D eigenvalue weighted by atomic mass is 16.5. The first-order chi connectivity index (χ1) is 6.63. The summed E-state index contributed by atoms with van der Waals surface area (Å²) in [7, 11) is 0. The minimum atomic E-state index is -0.0449. The third-order valence-corrected chi connectivity index (χ3v) is 2.77. The molecule has 0 N–H and O–H groups in total. The van der Waals surface area contributed by atoms with E-state index in [1.807, 2.05) is 13.8 Å². The highest BCUT2D eigenvalue weighted by Gasteiger charge is 2.20. The smallest absolute Gasteiger partial charge is 0.308 e. The Hall–Kier alpha value is -0.530. The second kappa shape index (κ2) is 7.84. The van der Waals surface area contributed by atoms with E-state index in [9.17, 15) is 4.79 Å². The molecular weight excluding hydrogens is 176 g/mol. The molecule has 0 fully saturated rings. The fourth-order valence-electron chi connectivity index (χ4n) is 1.47. The molecule has 14 heavy (non-hydrogen) atoms. The van der Waals surface area contributed by atoms with Crippen LogP contribution in [-0.4, -0.2) is 12.6 Å². The van der Waals surface area contributed by atoms with Gasteiger partial charge in [0.25, 0.3) is 0 Å². The van der Waals surface area contributed by atoms with Crippen LogP contribution in [0.5, 0.6) is 0 Å². The molecule has 2 unspecified atom stereocenters. The van der Waals surface area contributed by atoms with Crippen molar-refractivity contribution in [1.82, 2.24) is 0 Å². The first-order valence-corrected chi connectivity index (χ1v) is 5.80. The van der Waals surface area contributed by atoms with Gasteiger partial charge in [0.2, 0.25) is 0 Å². The molecule has 0 amide bonds. The number of carbonyl (C=O) groups excluding carboxylic acids is 1. The maximum Gasteiger partial charge on any atom is 0.308 e. The van der Waals surface area contributed by atoms with Crippen LogP contribution < -0.4 is 0 Å². The Morgan fingerprint density at radius 2 is 1.86 bits per heavy atom. The molecule has 0 saturated heterocycles. The van der Waals surface area contributed by atoms with Gasteiger partial charge >= 0.3 is 5.97 Å². The molecule has 0 spiro atoms. The van der Waals surface area contributed by atoms with Crippen LogP contribution in [0.4, 0.5) is 0 Å². The van der Waals surface area contributed by atoms with Crippen molar-refractivity contribution in [3.63, 3.8) is 0 Å². The third kappa shape index (κ3) is 5.25. The van der Waals surface area contributed by atoms with Crippen LogP contribution in [0.15, 0.2) is 0 Å².